The maximum Gasteiger partial charge on any atom is 0.276 e. The zero-order valence-corrected chi connectivity index (χ0v) is 16.1. The fourth-order valence-electron chi connectivity index (χ4n) is 2.91. The molecule has 5 nitrogen and oxygen atoms in total. The molecule has 0 unspecified atom stereocenters. The Morgan fingerprint density at radius 2 is 1.36 bits per heavy atom. The molecule has 3 rings (SSSR count). The minimum atomic E-state index is -0.257. The number of hydrogen-bond acceptors (Lipinski definition) is 3. The van der Waals surface area contributed by atoms with E-state index in [9.17, 15) is 9.59 Å². The summed E-state index contributed by atoms with van der Waals surface area (Å²) in [4.78, 5) is 33.3. The Labute approximate surface area is 165 Å². The summed E-state index contributed by atoms with van der Waals surface area (Å²) in [7, 11) is 1.70. The molecule has 2 amide bonds. The van der Waals surface area contributed by atoms with Crippen molar-refractivity contribution in [2.75, 3.05) is 18.5 Å². The average Bonchev–Trinajstić information content (AvgIpc) is 2.77. The normalized spacial score (nSPS) is 10.4. The molecule has 0 bridgehead atoms. The molecule has 3 aromatic rings. The smallest absolute Gasteiger partial charge is 0.276 e. The second-order valence-corrected chi connectivity index (χ2v) is 6.41. The molecule has 0 aliphatic carbocycles. The molecule has 0 saturated carbocycles. The lowest BCUT2D eigenvalue weighted by molar-refractivity contribution is 0.0746. The average molecular weight is 373 g/mol. The number of amides is 2. The van der Waals surface area contributed by atoms with E-state index in [1.54, 1.807) is 30.1 Å². The van der Waals surface area contributed by atoms with E-state index in [2.05, 4.69) is 4.98 Å². The monoisotopic (exact) mass is 373 g/mol. The van der Waals surface area contributed by atoms with Crippen LogP contribution in [0.3, 0.4) is 0 Å². The third-order valence-corrected chi connectivity index (χ3v) is 4.52. The number of para-hydroxylation sites is 1. The van der Waals surface area contributed by atoms with Crippen molar-refractivity contribution in [2.24, 2.45) is 0 Å². The standard InChI is InChI=1S/C23H23N3O2/c1-3-26(17-18-11-6-4-7-12-18)23(28)21-16-10-15-20(24-21)22(27)25(2)19-13-8-5-9-14-19/h4-16H,3,17H2,1-2H3. The number of carbonyl (C=O) groups is 2. The van der Waals surface area contributed by atoms with Crippen molar-refractivity contribution in [1.82, 2.24) is 9.88 Å². The molecule has 142 valence electrons. The lowest BCUT2D eigenvalue weighted by atomic mass is 10.2. The molecule has 1 heterocycles. The zero-order valence-electron chi connectivity index (χ0n) is 16.1. The second-order valence-electron chi connectivity index (χ2n) is 6.41. The van der Waals surface area contributed by atoms with Gasteiger partial charge in [-0.15, -0.1) is 0 Å². The number of nitrogens with zero attached hydrogens (tertiary/aromatic N) is 3. The van der Waals surface area contributed by atoms with Crippen molar-refractivity contribution in [2.45, 2.75) is 13.5 Å². The maximum atomic E-state index is 12.9. The SMILES string of the molecule is CCN(Cc1ccccc1)C(=O)c1cccc(C(=O)N(C)c2ccccc2)n1. The van der Waals surface area contributed by atoms with Crippen LogP contribution in [0.15, 0.2) is 78.9 Å². The van der Waals surface area contributed by atoms with Gasteiger partial charge in [0.25, 0.3) is 11.8 Å². The molecule has 0 atom stereocenters. The molecular formula is C23H23N3O2. The summed E-state index contributed by atoms with van der Waals surface area (Å²) in [5, 5.41) is 0. The summed E-state index contributed by atoms with van der Waals surface area (Å²) < 4.78 is 0. The van der Waals surface area contributed by atoms with Crippen LogP contribution in [0.2, 0.25) is 0 Å². The zero-order chi connectivity index (χ0) is 19.9. The molecule has 0 spiro atoms. The van der Waals surface area contributed by atoms with Crippen LogP contribution in [0.1, 0.15) is 33.5 Å². The molecule has 28 heavy (non-hydrogen) atoms. The van der Waals surface area contributed by atoms with Crippen LogP contribution in [0, 0.1) is 0 Å². The van der Waals surface area contributed by atoms with Crippen molar-refractivity contribution in [3.63, 3.8) is 0 Å². The quantitative estimate of drug-likeness (QED) is 0.656. The summed E-state index contributed by atoms with van der Waals surface area (Å²) >= 11 is 0. The first-order chi connectivity index (χ1) is 13.6. The third kappa shape index (κ3) is 4.43. The fraction of sp³-hybridized carbons (Fsp3) is 0.174. The van der Waals surface area contributed by atoms with Gasteiger partial charge in [-0.2, -0.15) is 0 Å². The van der Waals surface area contributed by atoms with Gasteiger partial charge in [-0.1, -0.05) is 54.6 Å². The highest BCUT2D eigenvalue weighted by molar-refractivity contribution is 6.05. The number of hydrogen-bond donors (Lipinski definition) is 0. The van der Waals surface area contributed by atoms with Crippen molar-refractivity contribution in [1.29, 1.82) is 0 Å². The highest BCUT2D eigenvalue weighted by atomic mass is 16.2. The molecule has 2 aromatic carbocycles. The summed E-state index contributed by atoms with van der Waals surface area (Å²) in [5.41, 5.74) is 2.33. The van der Waals surface area contributed by atoms with Crippen LogP contribution in [0.5, 0.6) is 0 Å². The van der Waals surface area contributed by atoms with Gasteiger partial charge in [0.15, 0.2) is 0 Å². The van der Waals surface area contributed by atoms with Gasteiger partial charge in [-0.25, -0.2) is 4.98 Å². The Morgan fingerprint density at radius 3 is 1.96 bits per heavy atom. The molecule has 0 aliphatic heterocycles. The van der Waals surface area contributed by atoms with Gasteiger partial charge in [0.05, 0.1) is 0 Å². The lowest BCUT2D eigenvalue weighted by Crippen LogP contribution is -2.32. The Morgan fingerprint density at radius 1 is 0.786 bits per heavy atom. The Bertz CT molecular complexity index is 942. The molecular weight excluding hydrogens is 350 g/mol. The van der Waals surface area contributed by atoms with E-state index in [0.717, 1.165) is 11.3 Å². The number of carbonyl (C=O) groups excluding carboxylic acids is 2. The van der Waals surface area contributed by atoms with Crippen LogP contribution < -0.4 is 4.90 Å². The lowest BCUT2D eigenvalue weighted by Gasteiger charge is -2.21. The van der Waals surface area contributed by atoms with Gasteiger partial charge in [0.1, 0.15) is 11.4 Å². The van der Waals surface area contributed by atoms with E-state index >= 15 is 0 Å². The molecule has 0 radical (unpaired) electrons. The maximum absolute atomic E-state index is 12.9. The second kappa shape index (κ2) is 8.95. The van der Waals surface area contributed by atoms with E-state index in [0.29, 0.717) is 13.1 Å². The summed E-state index contributed by atoms with van der Waals surface area (Å²) in [6.07, 6.45) is 0. The van der Waals surface area contributed by atoms with Crippen LogP contribution in [0.25, 0.3) is 0 Å². The van der Waals surface area contributed by atoms with E-state index in [1.165, 1.54) is 4.90 Å². The van der Waals surface area contributed by atoms with Gasteiger partial charge >= 0.3 is 0 Å². The number of benzene rings is 2. The van der Waals surface area contributed by atoms with Gasteiger partial charge < -0.3 is 9.80 Å². The highest BCUT2D eigenvalue weighted by Gasteiger charge is 2.20. The van der Waals surface area contributed by atoms with Crippen LogP contribution in [0.4, 0.5) is 5.69 Å². The van der Waals surface area contributed by atoms with Gasteiger partial charge in [0.2, 0.25) is 0 Å². The van der Waals surface area contributed by atoms with Gasteiger partial charge in [0, 0.05) is 25.8 Å². The Hall–Kier alpha value is -3.47. The number of rotatable bonds is 6. The summed E-state index contributed by atoms with van der Waals surface area (Å²) in [6.45, 7) is 2.98. The molecule has 0 aliphatic rings. The van der Waals surface area contributed by atoms with E-state index in [4.69, 9.17) is 0 Å². The Balaban J connectivity index is 1.79. The Kier molecular flexibility index (Phi) is 6.17. The van der Waals surface area contributed by atoms with E-state index < -0.39 is 0 Å². The largest absolute Gasteiger partial charge is 0.333 e. The predicted octanol–water partition coefficient (Wildman–Crippen LogP) is 4.02. The molecule has 5 heteroatoms. The van der Waals surface area contributed by atoms with Crippen molar-refractivity contribution in [3.8, 4) is 0 Å². The highest BCUT2D eigenvalue weighted by Crippen LogP contribution is 2.15. The first-order valence-corrected chi connectivity index (χ1v) is 9.23. The fourth-order valence-corrected chi connectivity index (χ4v) is 2.91. The summed E-state index contributed by atoms with van der Waals surface area (Å²) in [5.74, 6) is -0.449. The first-order valence-electron chi connectivity index (χ1n) is 9.23. The van der Waals surface area contributed by atoms with Crippen molar-refractivity contribution < 1.29 is 9.59 Å². The van der Waals surface area contributed by atoms with Crippen LogP contribution in [-0.4, -0.2) is 35.3 Å². The van der Waals surface area contributed by atoms with E-state index in [1.807, 2.05) is 67.6 Å². The number of aromatic nitrogens is 1. The van der Waals surface area contributed by atoms with Crippen LogP contribution in [-0.2, 0) is 6.54 Å². The topological polar surface area (TPSA) is 53.5 Å². The molecule has 0 N–H and O–H groups in total. The molecule has 1 aromatic heterocycles. The first kappa shape index (κ1) is 19.3. The molecule has 0 fully saturated rings. The number of pyridine rings is 1. The van der Waals surface area contributed by atoms with Gasteiger partial charge in [-0.3, -0.25) is 9.59 Å². The third-order valence-electron chi connectivity index (χ3n) is 4.52. The minimum Gasteiger partial charge on any atom is -0.333 e. The van der Waals surface area contributed by atoms with E-state index in [-0.39, 0.29) is 23.2 Å². The molecule has 0 saturated heterocycles. The van der Waals surface area contributed by atoms with Crippen molar-refractivity contribution >= 4 is 17.5 Å². The van der Waals surface area contributed by atoms with Gasteiger partial charge in [-0.05, 0) is 36.8 Å². The van der Waals surface area contributed by atoms with Crippen molar-refractivity contribution in [3.05, 3.63) is 95.8 Å². The minimum absolute atomic E-state index is 0.191. The summed E-state index contributed by atoms with van der Waals surface area (Å²) in [6, 6.07) is 24.1. The van der Waals surface area contributed by atoms with Crippen LogP contribution >= 0.6 is 0 Å². The number of anilines is 1. The predicted molar refractivity (Wildman–Crippen MR) is 110 cm³/mol.